The summed E-state index contributed by atoms with van der Waals surface area (Å²) < 4.78 is 0. The Morgan fingerprint density at radius 1 is 1.38 bits per heavy atom. The van der Waals surface area contributed by atoms with Crippen LogP contribution in [0, 0.1) is 0 Å². The lowest BCUT2D eigenvalue weighted by atomic mass is 9.85. The highest BCUT2D eigenvalue weighted by atomic mass is 32.2. The molecule has 0 radical (unpaired) electrons. The number of rotatable bonds is 2. The lowest BCUT2D eigenvalue weighted by molar-refractivity contribution is -0.0206. The molecule has 0 saturated carbocycles. The summed E-state index contributed by atoms with van der Waals surface area (Å²) in [5, 5.41) is 11.6. The summed E-state index contributed by atoms with van der Waals surface area (Å²) in [6, 6.07) is 3.99. The zero-order valence-electron chi connectivity index (χ0n) is 9.81. The molecule has 0 atom stereocenters. The summed E-state index contributed by atoms with van der Waals surface area (Å²) in [4.78, 5) is 6.57. The Balaban J connectivity index is 2.16. The maximum atomic E-state index is 10.6. The van der Waals surface area contributed by atoms with Gasteiger partial charge in [-0.15, -0.1) is 11.8 Å². The van der Waals surface area contributed by atoms with Gasteiger partial charge in [0.25, 0.3) is 0 Å². The van der Waals surface area contributed by atoms with Gasteiger partial charge in [0.15, 0.2) is 0 Å². The van der Waals surface area contributed by atoms with Crippen LogP contribution in [0.3, 0.4) is 0 Å². The monoisotopic (exact) mass is 238 g/mol. The highest BCUT2D eigenvalue weighted by Gasteiger charge is 2.33. The van der Waals surface area contributed by atoms with Crippen molar-refractivity contribution in [2.75, 3.05) is 26.4 Å². The molecule has 3 nitrogen and oxygen atoms in total. The lowest BCUT2D eigenvalue weighted by Crippen LogP contribution is -2.40. The Bertz CT molecular complexity index is 345. The third-order valence-electron chi connectivity index (χ3n) is 3.30. The number of nitrogens with zero attached hydrogens (tertiary/aromatic N) is 2. The minimum absolute atomic E-state index is 0.670. The van der Waals surface area contributed by atoms with Gasteiger partial charge in [0, 0.05) is 24.8 Å². The Kier molecular flexibility index (Phi) is 3.52. The van der Waals surface area contributed by atoms with Crippen molar-refractivity contribution >= 4 is 11.8 Å². The maximum absolute atomic E-state index is 10.6. The van der Waals surface area contributed by atoms with Crippen molar-refractivity contribution < 1.29 is 5.11 Å². The van der Waals surface area contributed by atoms with Crippen LogP contribution in [0.15, 0.2) is 23.4 Å². The van der Waals surface area contributed by atoms with Crippen LogP contribution >= 0.6 is 11.8 Å². The molecule has 0 aromatic carbocycles. The van der Waals surface area contributed by atoms with Gasteiger partial charge in [-0.05, 0) is 32.2 Å². The van der Waals surface area contributed by atoms with Gasteiger partial charge in [0.05, 0.1) is 10.6 Å². The summed E-state index contributed by atoms with van der Waals surface area (Å²) in [5.74, 6) is 0. The fourth-order valence-electron chi connectivity index (χ4n) is 2.05. The Morgan fingerprint density at radius 3 is 2.56 bits per heavy atom. The fourth-order valence-corrected chi connectivity index (χ4v) is 2.42. The molecule has 1 aliphatic heterocycles. The first kappa shape index (κ1) is 11.9. The van der Waals surface area contributed by atoms with Gasteiger partial charge < -0.3 is 10.0 Å². The van der Waals surface area contributed by atoms with Gasteiger partial charge >= 0.3 is 0 Å². The summed E-state index contributed by atoms with van der Waals surface area (Å²) in [6.45, 7) is 1.89. The van der Waals surface area contributed by atoms with Gasteiger partial charge in [-0.2, -0.15) is 0 Å². The highest BCUT2D eigenvalue weighted by Crippen LogP contribution is 2.32. The fraction of sp³-hybridized carbons (Fsp3) is 0.583. The first-order valence-electron chi connectivity index (χ1n) is 5.55. The van der Waals surface area contributed by atoms with E-state index in [0.29, 0.717) is 0 Å². The van der Waals surface area contributed by atoms with Crippen LogP contribution < -0.4 is 0 Å². The number of thioether (sulfide) groups is 1. The molecule has 0 unspecified atom stereocenters. The molecule has 88 valence electrons. The summed E-state index contributed by atoms with van der Waals surface area (Å²) in [6.07, 6.45) is 5.41. The van der Waals surface area contributed by atoms with Crippen molar-refractivity contribution in [2.24, 2.45) is 0 Å². The average molecular weight is 238 g/mol. The van der Waals surface area contributed by atoms with E-state index in [9.17, 15) is 5.11 Å². The zero-order valence-corrected chi connectivity index (χ0v) is 10.6. The molecule has 2 heterocycles. The minimum atomic E-state index is -0.670. The standard InChI is InChI=1S/C12H18N2OS/c1-14-7-5-12(15,6-8-14)10-3-4-11(16-2)13-9-10/h3-4,9,15H,5-8H2,1-2H3. The van der Waals surface area contributed by atoms with Crippen molar-refractivity contribution in [3.63, 3.8) is 0 Å². The topological polar surface area (TPSA) is 36.4 Å². The average Bonchev–Trinajstić information content (AvgIpc) is 2.33. The van der Waals surface area contributed by atoms with E-state index in [0.717, 1.165) is 36.5 Å². The first-order chi connectivity index (χ1) is 7.64. The predicted molar refractivity (Wildman–Crippen MR) is 66.6 cm³/mol. The largest absolute Gasteiger partial charge is 0.385 e. The number of hydrogen-bond acceptors (Lipinski definition) is 4. The second-order valence-electron chi connectivity index (χ2n) is 4.42. The Labute approximate surface area is 101 Å². The molecule has 1 aliphatic rings. The van der Waals surface area contributed by atoms with Crippen LogP contribution in [-0.2, 0) is 5.60 Å². The summed E-state index contributed by atoms with van der Waals surface area (Å²) >= 11 is 1.62. The van der Waals surface area contributed by atoms with Crippen molar-refractivity contribution in [2.45, 2.75) is 23.5 Å². The summed E-state index contributed by atoms with van der Waals surface area (Å²) in [5.41, 5.74) is 0.287. The number of aliphatic hydroxyl groups is 1. The predicted octanol–water partition coefficient (Wildman–Crippen LogP) is 1.72. The second kappa shape index (κ2) is 4.73. The van der Waals surface area contributed by atoms with E-state index in [-0.39, 0.29) is 0 Å². The third kappa shape index (κ3) is 2.39. The third-order valence-corrected chi connectivity index (χ3v) is 3.96. The number of likely N-dealkylation sites (tertiary alicyclic amines) is 1. The molecular weight excluding hydrogens is 220 g/mol. The molecule has 0 spiro atoms. The van der Waals surface area contributed by atoms with E-state index in [4.69, 9.17) is 0 Å². The molecule has 0 aliphatic carbocycles. The van der Waals surface area contributed by atoms with Crippen molar-refractivity contribution in [3.05, 3.63) is 23.9 Å². The van der Waals surface area contributed by atoms with Crippen LogP contribution in [0.1, 0.15) is 18.4 Å². The van der Waals surface area contributed by atoms with E-state index >= 15 is 0 Å². The van der Waals surface area contributed by atoms with Crippen LogP contribution in [0.4, 0.5) is 0 Å². The van der Waals surface area contributed by atoms with Gasteiger partial charge in [-0.1, -0.05) is 6.07 Å². The SMILES string of the molecule is CSc1ccc(C2(O)CCN(C)CC2)cn1. The molecular formula is C12H18N2OS. The number of pyridine rings is 1. The quantitative estimate of drug-likeness (QED) is 0.796. The normalized spacial score (nSPS) is 20.9. The van der Waals surface area contributed by atoms with E-state index in [2.05, 4.69) is 16.9 Å². The lowest BCUT2D eigenvalue weighted by Gasteiger charge is -2.36. The van der Waals surface area contributed by atoms with E-state index in [1.165, 1.54) is 0 Å². The molecule has 0 bridgehead atoms. The molecule has 2 rings (SSSR count). The molecule has 1 N–H and O–H groups in total. The zero-order chi connectivity index (χ0) is 11.6. The Hall–Kier alpha value is -0.580. The molecule has 1 saturated heterocycles. The number of aromatic nitrogens is 1. The number of hydrogen-bond donors (Lipinski definition) is 1. The van der Waals surface area contributed by atoms with Gasteiger partial charge in [-0.3, -0.25) is 0 Å². The van der Waals surface area contributed by atoms with E-state index in [1.54, 1.807) is 11.8 Å². The first-order valence-corrected chi connectivity index (χ1v) is 6.78. The smallest absolute Gasteiger partial charge is 0.0957 e. The molecule has 0 amide bonds. The number of piperidine rings is 1. The van der Waals surface area contributed by atoms with Gasteiger partial charge in [0.2, 0.25) is 0 Å². The minimum Gasteiger partial charge on any atom is -0.385 e. The van der Waals surface area contributed by atoms with E-state index < -0.39 is 5.60 Å². The molecule has 1 fully saturated rings. The van der Waals surface area contributed by atoms with Crippen molar-refractivity contribution in [1.82, 2.24) is 9.88 Å². The van der Waals surface area contributed by atoms with Crippen LogP contribution in [0.25, 0.3) is 0 Å². The molecule has 4 heteroatoms. The molecule has 1 aromatic rings. The highest BCUT2D eigenvalue weighted by molar-refractivity contribution is 7.98. The van der Waals surface area contributed by atoms with Crippen LogP contribution in [0.2, 0.25) is 0 Å². The summed E-state index contributed by atoms with van der Waals surface area (Å²) in [7, 11) is 2.09. The maximum Gasteiger partial charge on any atom is 0.0957 e. The van der Waals surface area contributed by atoms with Crippen LogP contribution in [0.5, 0.6) is 0 Å². The van der Waals surface area contributed by atoms with E-state index in [1.807, 2.05) is 24.6 Å². The molecule has 16 heavy (non-hydrogen) atoms. The van der Waals surface area contributed by atoms with Gasteiger partial charge in [-0.25, -0.2) is 4.98 Å². The van der Waals surface area contributed by atoms with Gasteiger partial charge in [0.1, 0.15) is 0 Å². The Morgan fingerprint density at radius 2 is 2.06 bits per heavy atom. The second-order valence-corrected chi connectivity index (χ2v) is 5.25. The van der Waals surface area contributed by atoms with Crippen molar-refractivity contribution in [3.8, 4) is 0 Å². The van der Waals surface area contributed by atoms with Crippen LogP contribution in [-0.4, -0.2) is 41.4 Å². The molecule has 1 aromatic heterocycles. The van der Waals surface area contributed by atoms with Crippen molar-refractivity contribution in [1.29, 1.82) is 0 Å².